The number of unbranched alkanes of at least 4 members (excludes halogenated alkanes) is 48. The van der Waals surface area contributed by atoms with Crippen LogP contribution >= 0.6 is 0 Å². The highest BCUT2D eigenvalue weighted by Crippen LogP contribution is 2.19. The first-order chi connectivity index (χ1) is 35.0. The predicted molar refractivity (Wildman–Crippen MR) is 310 cm³/mol. The van der Waals surface area contributed by atoms with Gasteiger partial charge in [0, 0.05) is 12.8 Å². The molecule has 0 fully saturated rings. The SMILES string of the molecule is CCCCCC/C=C\CCCCCCCC(=O)OCCCCCCCCCCCCCCCCCCCCCCC(=O)NC(CO)C(O)CCCCCCCCCCCCCCCCCCCCCCC. The smallest absolute Gasteiger partial charge is 0.305 e. The number of aliphatic hydroxyl groups is 2. The molecule has 0 aliphatic carbocycles. The van der Waals surface area contributed by atoms with Gasteiger partial charge in [0.1, 0.15) is 0 Å². The summed E-state index contributed by atoms with van der Waals surface area (Å²) in [5, 5.41) is 23.4. The molecule has 0 aromatic rings. The van der Waals surface area contributed by atoms with E-state index in [1.54, 1.807) is 0 Å². The fraction of sp³-hybridized carbons (Fsp3) is 0.938. The van der Waals surface area contributed by atoms with E-state index in [2.05, 4.69) is 31.3 Å². The number of amides is 1. The zero-order chi connectivity index (χ0) is 51.4. The molecule has 0 aromatic carbocycles. The third-order valence-electron chi connectivity index (χ3n) is 15.3. The van der Waals surface area contributed by atoms with E-state index in [1.165, 1.54) is 289 Å². The van der Waals surface area contributed by atoms with Crippen molar-refractivity contribution < 1.29 is 24.5 Å². The molecule has 1 amide bonds. The highest BCUT2D eigenvalue weighted by Gasteiger charge is 2.20. The summed E-state index contributed by atoms with van der Waals surface area (Å²) in [5.74, 6) is -0.0303. The van der Waals surface area contributed by atoms with E-state index in [0.29, 0.717) is 25.9 Å². The van der Waals surface area contributed by atoms with Crippen LogP contribution in [-0.2, 0) is 14.3 Å². The maximum absolute atomic E-state index is 12.5. The van der Waals surface area contributed by atoms with Crippen LogP contribution in [0.2, 0.25) is 0 Å². The van der Waals surface area contributed by atoms with Crippen LogP contribution in [0.1, 0.15) is 367 Å². The Morgan fingerprint density at radius 1 is 0.380 bits per heavy atom. The molecule has 2 unspecified atom stereocenters. The van der Waals surface area contributed by atoms with Crippen molar-refractivity contribution in [2.24, 2.45) is 0 Å². The molecule has 3 N–H and O–H groups in total. The predicted octanol–water partition coefficient (Wildman–Crippen LogP) is 20.4. The van der Waals surface area contributed by atoms with E-state index in [1.807, 2.05) is 0 Å². The largest absolute Gasteiger partial charge is 0.466 e. The summed E-state index contributed by atoms with van der Waals surface area (Å²) in [6.45, 7) is 4.96. The van der Waals surface area contributed by atoms with Gasteiger partial charge >= 0.3 is 5.97 Å². The maximum Gasteiger partial charge on any atom is 0.305 e. The van der Waals surface area contributed by atoms with Gasteiger partial charge in [-0.05, 0) is 51.4 Å². The van der Waals surface area contributed by atoms with Crippen LogP contribution in [-0.4, -0.2) is 47.4 Å². The van der Waals surface area contributed by atoms with E-state index >= 15 is 0 Å². The second-order valence-corrected chi connectivity index (χ2v) is 22.5. The molecule has 0 aromatic heterocycles. The van der Waals surface area contributed by atoms with Crippen LogP contribution in [0.25, 0.3) is 0 Å². The van der Waals surface area contributed by atoms with Gasteiger partial charge in [-0.1, -0.05) is 315 Å². The van der Waals surface area contributed by atoms with Gasteiger partial charge in [-0.2, -0.15) is 0 Å². The number of allylic oxidation sites excluding steroid dienone is 2. The molecule has 0 saturated heterocycles. The Morgan fingerprint density at radius 3 is 1.01 bits per heavy atom. The van der Waals surface area contributed by atoms with Crippen LogP contribution in [0.4, 0.5) is 0 Å². The number of rotatable bonds is 61. The number of esters is 1. The second-order valence-electron chi connectivity index (χ2n) is 22.5. The zero-order valence-corrected chi connectivity index (χ0v) is 48.2. The van der Waals surface area contributed by atoms with Crippen molar-refractivity contribution in [1.82, 2.24) is 5.32 Å². The van der Waals surface area contributed by atoms with Crippen molar-refractivity contribution in [1.29, 1.82) is 0 Å². The van der Waals surface area contributed by atoms with Crippen LogP contribution in [0.15, 0.2) is 12.2 Å². The molecule has 0 bridgehead atoms. The van der Waals surface area contributed by atoms with Gasteiger partial charge in [0.25, 0.3) is 0 Å². The first-order valence-electron chi connectivity index (χ1n) is 32.4. The van der Waals surface area contributed by atoms with Gasteiger partial charge in [-0.15, -0.1) is 0 Å². The van der Waals surface area contributed by atoms with Crippen LogP contribution < -0.4 is 5.32 Å². The Bertz CT molecular complexity index is 1060. The summed E-state index contributed by atoms with van der Waals surface area (Å²) in [5.41, 5.74) is 0. The molecule has 0 rings (SSSR count). The fourth-order valence-electron chi connectivity index (χ4n) is 10.3. The topological polar surface area (TPSA) is 95.9 Å². The summed E-state index contributed by atoms with van der Waals surface area (Å²) in [6, 6.07) is -0.543. The third kappa shape index (κ3) is 57.7. The lowest BCUT2D eigenvalue weighted by Gasteiger charge is -2.22. The number of nitrogens with one attached hydrogen (secondary N) is 1. The number of carbonyl (C=O) groups is 2. The van der Waals surface area contributed by atoms with Crippen LogP contribution in [0, 0.1) is 0 Å². The Balaban J connectivity index is 3.39. The highest BCUT2D eigenvalue weighted by molar-refractivity contribution is 5.76. The Morgan fingerprint density at radius 2 is 0.662 bits per heavy atom. The molecule has 422 valence electrons. The minimum absolute atomic E-state index is 0.00237. The molecule has 71 heavy (non-hydrogen) atoms. The summed E-state index contributed by atoms with van der Waals surface area (Å²) in [7, 11) is 0. The zero-order valence-electron chi connectivity index (χ0n) is 48.2. The number of hydrogen-bond donors (Lipinski definition) is 3. The molecule has 0 saturated carbocycles. The highest BCUT2D eigenvalue weighted by atomic mass is 16.5. The van der Waals surface area contributed by atoms with Crippen molar-refractivity contribution >= 4 is 11.9 Å². The standard InChI is InChI=1S/C65H127NO5/c1-3-5-7-9-11-13-15-17-18-19-20-21-24-27-30-34-37-41-45-49-53-57-63(68)62(61-67)66-64(69)58-54-50-46-42-38-35-31-28-25-22-23-26-29-32-36-40-44-48-52-56-60-71-65(70)59-55-51-47-43-39-33-16-14-12-10-8-6-4-2/h14,16,62-63,67-68H,3-13,15,17-61H2,1-2H3,(H,66,69)/b16-14-. The monoisotopic (exact) mass is 1000 g/mol. The summed E-state index contributed by atoms with van der Waals surface area (Å²) in [6.07, 6.45) is 73.7. The molecule has 0 radical (unpaired) electrons. The first kappa shape index (κ1) is 69.6. The Hall–Kier alpha value is -1.40. The minimum Gasteiger partial charge on any atom is -0.466 e. The molecule has 0 heterocycles. The number of carbonyl (C=O) groups excluding carboxylic acids is 2. The first-order valence-corrected chi connectivity index (χ1v) is 32.4. The van der Waals surface area contributed by atoms with E-state index in [9.17, 15) is 19.8 Å². The van der Waals surface area contributed by atoms with Gasteiger partial charge in [-0.3, -0.25) is 9.59 Å². The second kappa shape index (κ2) is 61.1. The van der Waals surface area contributed by atoms with Crippen LogP contribution in [0.3, 0.4) is 0 Å². The summed E-state index contributed by atoms with van der Waals surface area (Å²) < 4.78 is 5.47. The average Bonchev–Trinajstić information content (AvgIpc) is 3.37. The van der Waals surface area contributed by atoms with Gasteiger partial charge in [0.05, 0.1) is 25.4 Å². The van der Waals surface area contributed by atoms with Crippen molar-refractivity contribution in [2.75, 3.05) is 13.2 Å². The molecule has 6 heteroatoms. The molecular formula is C65H127NO5. The van der Waals surface area contributed by atoms with Crippen molar-refractivity contribution in [2.45, 2.75) is 379 Å². The van der Waals surface area contributed by atoms with E-state index in [0.717, 1.165) is 44.9 Å². The van der Waals surface area contributed by atoms with Crippen LogP contribution in [0.5, 0.6) is 0 Å². The summed E-state index contributed by atoms with van der Waals surface area (Å²) in [4.78, 5) is 24.6. The van der Waals surface area contributed by atoms with Crippen molar-refractivity contribution in [3.63, 3.8) is 0 Å². The number of hydrogen-bond acceptors (Lipinski definition) is 5. The van der Waals surface area contributed by atoms with Crippen molar-refractivity contribution in [3.8, 4) is 0 Å². The Labute approximate surface area is 444 Å². The molecule has 0 aliphatic rings. The summed E-state index contributed by atoms with van der Waals surface area (Å²) >= 11 is 0. The fourth-order valence-corrected chi connectivity index (χ4v) is 10.3. The normalized spacial score (nSPS) is 12.6. The van der Waals surface area contributed by atoms with Crippen molar-refractivity contribution in [3.05, 3.63) is 12.2 Å². The maximum atomic E-state index is 12.5. The lowest BCUT2D eigenvalue weighted by molar-refractivity contribution is -0.143. The quantitative estimate of drug-likeness (QED) is 0.0320. The molecule has 0 spiro atoms. The lowest BCUT2D eigenvalue weighted by atomic mass is 10.0. The molecule has 6 nitrogen and oxygen atoms in total. The molecular weight excluding hydrogens is 875 g/mol. The molecule has 2 atom stereocenters. The number of aliphatic hydroxyl groups excluding tert-OH is 2. The van der Waals surface area contributed by atoms with Gasteiger partial charge < -0.3 is 20.3 Å². The lowest BCUT2D eigenvalue weighted by Crippen LogP contribution is -2.45. The number of ether oxygens (including phenoxy) is 1. The van der Waals surface area contributed by atoms with Gasteiger partial charge in [-0.25, -0.2) is 0 Å². The van der Waals surface area contributed by atoms with Gasteiger partial charge in [0.15, 0.2) is 0 Å². The van der Waals surface area contributed by atoms with E-state index in [-0.39, 0.29) is 18.5 Å². The molecule has 0 aliphatic heterocycles. The third-order valence-corrected chi connectivity index (χ3v) is 15.3. The van der Waals surface area contributed by atoms with Gasteiger partial charge in [0.2, 0.25) is 5.91 Å². The van der Waals surface area contributed by atoms with E-state index in [4.69, 9.17) is 4.74 Å². The Kier molecular flexibility index (Phi) is 59.9. The van der Waals surface area contributed by atoms with E-state index < -0.39 is 12.1 Å². The minimum atomic E-state index is -0.666. The average molecular weight is 1000 g/mol.